The van der Waals surface area contributed by atoms with Crippen molar-refractivity contribution in [3.63, 3.8) is 0 Å². The van der Waals surface area contributed by atoms with E-state index in [4.69, 9.17) is 9.47 Å². The molecule has 3 rings (SSSR count). The van der Waals surface area contributed by atoms with Gasteiger partial charge in [0.1, 0.15) is 28.5 Å². The van der Waals surface area contributed by atoms with E-state index in [1.165, 1.54) is 30.7 Å². The highest BCUT2D eigenvalue weighted by molar-refractivity contribution is 8.01. The van der Waals surface area contributed by atoms with Gasteiger partial charge in [-0.25, -0.2) is 4.79 Å². The molecule has 162 valence electrons. The minimum atomic E-state index is -1.85. The zero-order chi connectivity index (χ0) is 22.4. The Kier molecular flexibility index (Phi) is 5.48. The normalized spacial score (nSPS) is 26.4. The number of ether oxygens (including phenoxy) is 2. The molecule has 3 atom stereocenters. The summed E-state index contributed by atoms with van der Waals surface area (Å²) >= 11 is 1.18. The van der Waals surface area contributed by atoms with Gasteiger partial charge in [0.05, 0.1) is 13.7 Å². The Hall–Kier alpha value is -2.75. The summed E-state index contributed by atoms with van der Waals surface area (Å²) in [5.74, 6) is -2.69. The second-order valence-corrected chi connectivity index (χ2v) is 9.35. The second kappa shape index (κ2) is 7.50. The summed E-state index contributed by atoms with van der Waals surface area (Å²) in [5, 5.41) is 11.4. The molecule has 9 nitrogen and oxygen atoms in total. The number of rotatable bonds is 7. The summed E-state index contributed by atoms with van der Waals surface area (Å²) in [6.07, 6.45) is 0. The molecule has 2 aliphatic rings. The molecular weight excluding hydrogens is 412 g/mol. The fourth-order valence-electron chi connectivity index (χ4n) is 4.01. The highest BCUT2D eigenvalue weighted by Gasteiger charge is 2.74. The predicted molar refractivity (Wildman–Crippen MR) is 109 cm³/mol. The van der Waals surface area contributed by atoms with Crippen molar-refractivity contribution in [2.45, 2.75) is 49.4 Å². The lowest BCUT2D eigenvalue weighted by atomic mass is 9.81. The molecular formula is C20H24N2O7S. The number of fused-ring (bicyclic) bond motifs is 1. The number of carbonyl (C=O) groups excluding carboxylic acids is 3. The van der Waals surface area contributed by atoms with E-state index in [2.05, 4.69) is 5.32 Å². The number of methoxy groups -OCH3 is 1. The van der Waals surface area contributed by atoms with Crippen LogP contribution < -0.4 is 14.8 Å². The Morgan fingerprint density at radius 3 is 2.43 bits per heavy atom. The molecule has 2 N–H and O–H groups in total. The first-order valence-electron chi connectivity index (χ1n) is 9.39. The number of ketones is 1. The number of nitrogens with zero attached hydrogens (tertiary/aromatic N) is 1. The Morgan fingerprint density at radius 1 is 1.27 bits per heavy atom. The van der Waals surface area contributed by atoms with Crippen LogP contribution in [-0.2, 0) is 14.4 Å². The number of carboxylic acid groups (broad SMARTS) is 1. The molecule has 2 amide bonds. The first-order chi connectivity index (χ1) is 14.0. The maximum absolute atomic E-state index is 13.2. The van der Waals surface area contributed by atoms with E-state index in [0.29, 0.717) is 6.61 Å². The summed E-state index contributed by atoms with van der Waals surface area (Å²) < 4.78 is 9.95. The zero-order valence-corrected chi connectivity index (χ0v) is 18.2. The third kappa shape index (κ3) is 3.01. The van der Waals surface area contributed by atoms with Crippen molar-refractivity contribution < 1.29 is 33.8 Å². The third-order valence-corrected chi connectivity index (χ3v) is 7.02. The quantitative estimate of drug-likeness (QED) is 0.484. The van der Waals surface area contributed by atoms with E-state index in [0.717, 1.165) is 0 Å². The van der Waals surface area contributed by atoms with E-state index in [-0.39, 0.29) is 17.1 Å². The summed E-state index contributed by atoms with van der Waals surface area (Å²) in [5.41, 5.74) is -1.79. The monoisotopic (exact) mass is 436 g/mol. The van der Waals surface area contributed by atoms with Crippen LogP contribution in [0.2, 0.25) is 0 Å². The van der Waals surface area contributed by atoms with Crippen LogP contribution in [0.15, 0.2) is 18.2 Å². The van der Waals surface area contributed by atoms with Gasteiger partial charge in [0, 0.05) is 4.75 Å². The van der Waals surface area contributed by atoms with Crippen LogP contribution in [0.25, 0.3) is 0 Å². The number of β-lactam (4-membered cyclic amide) rings is 1. The van der Waals surface area contributed by atoms with Crippen molar-refractivity contribution in [1.29, 1.82) is 0 Å². The highest BCUT2D eigenvalue weighted by Crippen LogP contribution is 2.55. The van der Waals surface area contributed by atoms with Crippen LogP contribution in [0.4, 0.5) is 0 Å². The van der Waals surface area contributed by atoms with Crippen LogP contribution in [0, 0.1) is 0 Å². The van der Waals surface area contributed by atoms with Gasteiger partial charge in [-0.2, -0.15) is 0 Å². The fourth-order valence-corrected chi connectivity index (χ4v) is 5.76. The van der Waals surface area contributed by atoms with Gasteiger partial charge in [-0.3, -0.25) is 14.4 Å². The number of thioether (sulfide) groups is 1. The van der Waals surface area contributed by atoms with Crippen LogP contribution in [0.3, 0.4) is 0 Å². The molecule has 10 heteroatoms. The lowest BCUT2D eigenvalue weighted by Crippen LogP contribution is -2.82. The number of amides is 2. The Bertz CT molecular complexity index is 932. The van der Waals surface area contributed by atoms with Crippen molar-refractivity contribution in [1.82, 2.24) is 10.2 Å². The largest absolute Gasteiger partial charge is 0.496 e. The maximum atomic E-state index is 13.2. The third-order valence-electron chi connectivity index (χ3n) is 5.38. The smallest absolute Gasteiger partial charge is 0.327 e. The number of carboxylic acids is 1. The molecule has 1 aromatic rings. The van der Waals surface area contributed by atoms with Gasteiger partial charge in [-0.15, -0.1) is 11.8 Å². The van der Waals surface area contributed by atoms with Crippen molar-refractivity contribution in [2.24, 2.45) is 0 Å². The number of Topliss-reactive ketones (excluding diaryl/α,β-unsaturated/α-hetero) is 1. The van der Waals surface area contributed by atoms with E-state index in [1.807, 2.05) is 0 Å². The van der Waals surface area contributed by atoms with E-state index in [9.17, 15) is 24.3 Å². The SMILES string of the molecule is CCOc1cccc(OC)c1C(=O)NC1(C(C)=O)C(=O)N2[C@@H](C(=O)O)C(C)(C)S[C@@H]21. The first kappa shape index (κ1) is 21.9. The Morgan fingerprint density at radius 2 is 1.90 bits per heavy atom. The Balaban J connectivity index is 2.01. The number of hydrogen-bond acceptors (Lipinski definition) is 7. The number of aliphatic carboxylic acids is 1. The van der Waals surface area contributed by atoms with Gasteiger partial charge < -0.3 is 24.8 Å². The molecule has 2 aliphatic heterocycles. The fraction of sp³-hybridized carbons (Fsp3) is 0.500. The number of benzene rings is 1. The van der Waals surface area contributed by atoms with Crippen molar-refractivity contribution in [2.75, 3.05) is 13.7 Å². The average molecular weight is 436 g/mol. The topological polar surface area (TPSA) is 122 Å². The molecule has 0 radical (unpaired) electrons. The zero-order valence-electron chi connectivity index (χ0n) is 17.3. The molecule has 0 aromatic heterocycles. The van der Waals surface area contributed by atoms with Gasteiger partial charge in [0.25, 0.3) is 11.8 Å². The van der Waals surface area contributed by atoms with Gasteiger partial charge in [-0.05, 0) is 39.8 Å². The average Bonchev–Trinajstić information content (AvgIpc) is 2.94. The summed E-state index contributed by atoms with van der Waals surface area (Å²) in [4.78, 5) is 51.9. The van der Waals surface area contributed by atoms with Gasteiger partial charge in [0.2, 0.25) is 5.54 Å². The molecule has 0 aliphatic carbocycles. The summed E-state index contributed by atoms with van der Waals surface area (Å²) in [7, 11) is 1.39. The summed E-state index contributed by atoms with van der Waals surface area (Å²) in [6.45, 7) is 6.66. The standard InChI is InChI=1S/C20H24N2O7S/c1-6-29-12-9-7-8-11(28-5)13(12)15(24)21-20(10(2)23)17(27)22-14(16(25)26)19(3,4)30-18(20)22/h7-9,14,18H,6H2,1-5H3,(H,21,24)(H,25,26)/t14-,18+,20?/m0/s1. The molecule has 2 fully saturated rings. The predicted octanol–water partition coefficient (Wildman–Crippen LogP) is 1.30. The molecule has 0 saturated carbocycles. The van der Waals surface area contributed by atoms with E-state index < -0.39 is 45.3 Å². The minimum absolute atomic E-state index is 0.0609. The molecule has 30 heavy (non-hydrogen) atoms. The molecule has 1 unspecified atom stereocenters. The lowest BCUT2D eigenvalue weighted by molar-refractivity contribution is -0.170. The first-order valence-corrected chi connectivity index (χ1v) is 10.3. The Labute approximate surface area is 178 Å². The van der Waals surface area contributed by atoms with Crippen LogP contribution in [-0.4, -0.2) is 69.0 Å². The molecule has 0 bridgehead atoms. The van der Waals surface area contributed by atoms with Crippen LogP contribution in [0.1, 0.15) is 38.1 Å². The lowest BCUT2D eigenvalue weighted by Gasteiger charge is -2.51. The number of hydrogen-bond donors (Lipinski definition) is 2. The second-order valence-electron chi connectivity index (χ2n) is 7.61. The van der Waals surface area contributed by atoms with Gasteiger partial charge >= 0.3 is 5.97 Å². The van der Waals surface area contributed by atoms with Gasteiger partial charge in [-0.1, -0.05) is 6.07 Å². The van der Waals surface area contributed by atoms with Crippen molar-refractivity contribution in [3.8, 4) is 11.5 Å². The summed E-state index contributed by atoms with van der Waals surface area (Å²) in [6, 6.07) is 3.71. The van der Waals surface area contributed by atoms with Crippen molar-refractivity contribution >= 4 is 35.3 Å². The molecule has 0 spiro atoms. The van der Waals surface area contributed by atoms with Crippen molar-refractivity contribution in [3.05, 3.63) is 23.8 Å². The van der Waals surface area contributed by atoms with E-state index >= 15 is 0 Å². The molecule has 2 saturated heterocycles. The van der Waals surface area contributed by atoms with Gasteiger partial charge in [0.15, 0.2) is 5.78 Å². The highest BCUT2D eigenvalue weighted by atomic mass is 32.2. The maximum Gasteiger partial charge on any atom is 0.327 e. The number of carbonyl (C=O) groups is 4. The molecule has 2 heterocycles. The number of nitrogens with one attached hydrogen (secondary N) is 1. The van der Waals surface area contributed by atoms with E-state index in [1.54, 1.807) is 39.0 Å². The van der Waals surface area contributed by atoms with Crippen LogP contribution in [0.5, 0.6) is 11.5 Å². The van der Waals surface area contributed by atoms with Crippen LogP contribution >= 0.6 is 11.8 Å². The minimum Gasteiger partial charge on any atom is -0.496 e. The molecule has 1 aromatic carbocycles.